The van der Waals surface area contributed by atoms with Gasteiger partial charge in [0.1, 0.15) is 35.8 Å². The highest BCUT2D eigenvalue weighted by Crippen LogP contribution is 2.33. The number of aliphatic hydroxyl groups excluding tert-OH is 2. The summed E-state index contributed by atoms with van der Waals surface area (Å²) in [5.41, 5.74) is 0.629. The Kier molecular flexibility index (Phi) is 5.13. The van der Waals surface area contributed by atoms with Crippen molar-refractivity contribution in [3.8, 4) is 0 Å². The molecule has 1 aliphatic heterocycles. The zero-order valence-electron chi connectivity index (χ0n) is 15.6. The molecule has 3 heterocycles. The number of hydrogen-bond acceptors (Lipinski definition) is 8. The van der Waals surface area contributed by atoms with Crippen LogP contribution in [0.25, 0.3) is 11.2 Å². The quantitative estimate of drug-likeness (QED) is 0.582. The van der Waals surface area contributed by atoms with Crippen molar-refractivity contribution >= 4 is 22.7 Å². The molecule has 0 aliphatic carbocycles. The minimum absolute atomic E-state index is 0.0214. The Labute approximate surface area is 163 Å². The summed E-state index contributed by atoms with van der Waals surface area (Å²) in [6, 6.07) is 3.13. The van der Waals surface area contributed by atoms with Gasteiger partial charge in [-0.1, -0.05) is 0 Å². The lowest BCUT2D eigenvalue weighted by Gasteiger charge is -2.17. The summed E-state index contributed by atoms with van der Waals surface area (Å²) in [7, 11) is 1.46. The zero-order valence-corrected chi connectivity index (χ0v) is 15.6. The van der Waals surface area contributed by atoms with E-state index in [9.17, 15) is 19.0 Å². The molecular weight excluding hydrogens is 388 g/mol. The number of aryl methyl sites for hydroxylation is 1. The third-order valence-electron chi connectivity index (χ3n) is 4.66. The summed E-state index contributed by atoms with van der Waals surface area (Å²) >= 11 is 0. The van der Waals surface area contributed by atoms with E-state index in [1.165, 1.54) is 24.1 Å². The average molecular weight is 407 g/mol. The summed E-state index contributed by atoms with van der Waals surface area (Å²) in [6.45, 7) is 1.74. The Bertz CT molecular complexity index is 1050. The van der Waals surface area contributed by atoms with Gasteiger partial charge in [0.25, 0.3) is 0 Å². The van der Waals surface area contributed by atoms with Crippen LogP contribution < -0.4 is 5.32 Å². The molecule has 4 atom stereocenters. The number of halogens is 2. The summed E-state index contributed by atoms with van der Waals surface area (Å²) in [5, 5.41) is 23.4. The van der Waals surface area contributed by atoms with Gasteiger partial charge in [0.2, 0.25) is 0 Å². The van der Waals surface area contributed by atoms with E-state index in [1.807, 2.05) is 0 Å². The smallest absolute Gasteiger partial charge is 0.167 e. The molecule has 1 saturated heterocycles. The molecule has 0 radical (unpaired) electrons. The Morgan fingerprint density at radius 2 is 2.03 bits per heavy atom. The largest absolute Gasteiger partial charge is 0.387 e. The first-order chi connectivity index (χ1) is 13.9. The number of imidazole rings is 1. The molecular formula is C18H19F2N5O4. The number of aromatic nitrogens is 4. The maximum atomic E-state index is 14.0. The van der Waals surface area contributed by atoms with Crippen LogP contribution in [0.4, 0.5) is 20.3 Å². The second-order valence-electron chi connectivity index (χ2n) is 6.69. The fraction of sp³-hybridized carbons (Fsp3) is 0.389. The van der Waals surface area contributed by atoms with Crippen molar-refractivity contribution in [2.24, 2.45) is 0 Å². The molecule has 2 unspecified atom stereocenters. The highest BCUT2D eigenvalue weighted by molar-refractivity contribution is 5.85. The lowest BCUT2D eigenvalue weighted by molar-refractivity contribution is -0.0580. The van der Waals surface area contributed by atoms with Crippen LogP contribution in [0.2, 0.25) is 0 Å². The first-order valence-corrected chi connectivity index (χ1v) is 8.83. The molecule has 1 aliphatic rings. The highest BCUT2D eigenvalue weighted by Gasteiger charge is 2.44. The van der Waals surface area contributed by atoms with Crippen LogP contribution in [-0.4, -0.2) is 61.8 Å². The van der Waals surface area contributed by atoms with Gasteiger partial charge in [-0.05, 0) is 19.1 Å². The van der Waals surface area contributed by atoms with Gasteiger partial charge in [0.15, 0.2) is 23.2 Å². The van der Waals surface area contributed by atoms with Crippen molar-refractivity contribution in [1.29, 1.82) is 0 Å². The van der Waals surface area contributed by atoms with Crippen LogP contribution in [-0.2, 0) is 9.47 Å². The highest BCUT2D eigenvalue weighted by atomic mass is 19.1. The summed E-state index contributed by atoms with van der Waals surface area (Å²) in [5.74, 6) is -0.921. The van der Waals surface area contributed by atoms with Gasteiger partial charge in [-0.25, -0.2) is 23.7 Å². The number of ether oxygens (including phenoxy) is 2. The molecule has 0 amide bonds. The van der Waals surface area contributed by atoms with Crippen molar-refractivity contribution < 1.29 is 28.5 Å². The summed E-state index contributed by atoms with van der Waals surface area (Å²) < 4.78 is 39.4. The third kappa shape index (κ3) is 3.53. The third-order valence-corrected chi connectivity index (χ3v) is 4.66. The normalized spacial score (nSPS) is 24.3. The number of nitrogens with one attached hydrogen (secondary N) is 1. The topological polar surface area (TPSA) is 115 Å². The van der Waals surface area contributed by atoms with Gasteiger partial charge < -0.3 is 25.0 Å². The van der Waals surface area contributed by atoms with Crippen molar-refractivity contribution in [1.82, 2.24) is 19.5 Å². The van der Waals surface area contributed by atoms with Crippen molar-refractivity contribution in [2.75, 3.05) is 19.0 Å². The molecule has 3 aromatic rings. The van der Waals surface area contributed by atoms with Crippen LogP contribution in [0.1, 0.15) is 12.1 Å². The van der Waals surface area contributed by atoms with E-state index in [2.05, 4.69) is 20.3 Å². The fourth-order valence-electron chi connectivity index (χ4n) is 3.28. The molecule has 29 heavy (non-hydrogen) atoms. The molecule has 3 N–H and O–H groups in total. The SMILES string of the molecule is COC[C@H]1O[C@@H](n2cnc3c(Nc4ccc(F)cc4F)nc(C)nc32)C(O)C1O. The van der Waals surface area contributed by atoms with Gasteiger partial charge in [-0.3, -0.25) is 4.57 Å². The maximum absolute atomic E-state index is 14.0. The Morgan fingerprint density at radius 1 is 1.24 bits per heavy atom. The van der Waals surface area contributed by atoms with E-state index in [0.29, 0.717) is 17.0 Å². The van der Waals surface area contributed by atoms with E-state index >= 15 is 0 Å². The van der Waals surface area contributed by atoms with Crippen LogP contribution in [0, 0.1) is 18.6 Å². The number of benzene rings is 1. The first kappa shape index (κ1) is 19.6. The van der Waals surface area contributed by atoms with E-state index in [-0.39, 0.29) is 18.1 Å². The average Bonchev–Trinajstić information content (AvgIpc) is 3.20. The Morgan fingerprint density at radius 3 is 2.76 bits per heavy atom. The van der Waals surface area contributed by atoms with Crippen molar-refractivity contribution in [3.05, 3.63) is 42.0 Å². The van der Waals surface area contributed by atoms with Gasteiger partial charge in [0, 0.05) is 13.2 Å². The monoisotopic (exact) mass is 407 g/mol. The molecule has 2 aromatic heterocycles. The molecule has 0 spiro atoms. The standard InChI is InChI=1S/C18H19F2N5O4/c1-8-22-16(24-11-4-3-9(19)5-10(11)20)13-17(23-8)25(7-21-13)18-15(27)14(26)12(29-18)6-28-2/h3-5,7,12,14-15,18,26-27H,6H2,1-2H3,(H,22,23,24)/t12-,14?,15?,18-/m1/s1. The molecule has 1 aromatic carbocycles. The molecule has 154 valence electrons. The zero-order chi connectivity index (χ0) is 20.7. The summed E-state index contributed by atoms with van der Waals surface area (Å²) in [4.78, 5) is 12.8. The second-order valence-corrected chi connectivity index (χ2v) is 6.69. The number of aliphatic hydroxyl groups is 2. The maximum Gasteiger partial charge on any atom is 0.167 e. The van der Waals surface area contributed by atoms with Gasteiger partial charge in [-0.15, -0.1) is 0 Å². The molecule has 0 bridgehead atoms. The Balaban J connectivity index is 1.72. The van der Waals surface area contributed by atoms with Gasteiger partial charge >= 0.3 is 0 Å². The van der Waals surface area contributed by atoms with Crippen LogP contribution in [0.5, 0.6) is 0 Å². The number of fused-ring (bicyclic) bond motifs is 1. The van der Waals surface area contributed by atoms with Crippen LogP contribution >= 0.6 is 0 Å². The summed E-state index contributed by atoms with van der Waals surface area (Å²) in [6.07, 6.45) is -2.65. The molecule has 9 nitrogen and oxygen atoms in total. The van der Waals surface area contributed by atoms with Crippen molar-refractivity contribution in [3.63, 3.8) is 0 Å². The number of methoxy groups -OCH3 is 1. The van der Waals surface area contributed by atoms with Gasteiger partial charge in [-0.2, -0.15) is 0 Å². The van der Waals surface area contributed by atoms with Crippen LogP contribution in [0.15, 0.2) is 24.5 Å². The number of anilines is 2. The van der Waals surface area contributed by atoms with E-state index in [4.69, 9.17) is 9.47 Å². The first-order valence-electron chi connectivity index (χ1n) is 8.83. The predicted octanol–water partition coefficient (Wildman–Crippen LogP) is 1.42. The molecule has 4 rings (SSSR count). The van der Waals surface area contributed by atoms with Crippen LogP contribution in [0.3, 0.4) is 0 Å². The number of nitrogens with zero attached hydrogens (tertiary/aromatic N) is 4. The fourth-order valence-corrected chi connectivity index (χ4v) is 3.28. The van der Waals surface area contributed by atoms with E-state index in [0.717, 1.165) is 12.1 Å². The minimum Gasteiger partial charge on any atom is -0.387 e. The second kappa shape index (κ2) is 7.59. The predicted molar refractivity (Wildman–Crippen MR) is 97.5 cm³/mol. The number of rotatable bonds is 5. The lowest BCUT2D eigenvalue weighted by atomic mass is 10.1. The minimum atomic E-state index is -1.23. The molecule has 1 fully saturated rings. The van der Waals surface area contributed by atoms with E-state index in [1.54, 1.807) is 6.92 Å². The molecule has 0 saturated carbocycles. The van der Waals surface area contributed by atoms with Crippen molar-refractivity contribution in [2.45, 2.75) is 31.5 Å². The van der Waals surface area contributed by atoms with Gasteiger partial charge in [0.05, 0.1) is 18.6 Å². The number of hydrogen-bond donors (Lipinski definition) is 3. The lowest BCUT2D eigenvalue weighted by Crippen LogP contribution is -2.33. The molecule has 11 heteroatoms. The Hall–Kier alpha value is -2.73. The van der Waals surface area contributed by atoms with E-state index < -0.39 is 36.2 Å².